The summed E-state index contributed by atoms with van der Waals surface area (Å²) in [6, 6.07) is 4.44. The predicted octanol–water partition coefficient (Wildman–Crippen LogP) is 3.82. The number of hydrogen-bond donors (Lipinski definition) is 1. The summed E-state index contributed by atoms with van der Waals surface area (Å²) >= 11 is 6.17. The summed E-state index contributed by atoms with van der Waals surface area (Å²) in [6.45, 7) is 6.83. The van der Waals surface area contributed by atoms with Crippen LogP contribution in [-0.4, -0.2) is 37.3 Å². The van der Waals surface area contributed by atoms with Gasteiger partial charge in [0.15, 0.2) is 0 Å². The summed E-state index contributed by atoms with van der Waals surface area (Å²) in [5.74, 6) is -0.296. The standard InChI is InChI=1S/C18H27ClN2O3S/c1-4-18(2,3)20-17(22)14-9-10-15(19)16(13-14)25(23,24)21-11-7-5-6-8-12-21/h9-10,13H,4-8,11-12H2,1-3H3,(H,20,22). The summed E-state index contributed by atoms with van der Waals surface area (Å²) in [5.41, 5.74) is -0.0556. The molecule has 0 bridgehead atoms. The zero-order chi connectivity index (χ0) is 18.7. The second-order valence-corrected chi connectivity index (χ2v) is 9.47. The molecule has 1 heterocycles. The van der Waals surface area contributed by atoms with Gasteiger partial charge in [-0.3, -0.25) is 4.79 Å². The van der Waals surface area contributed by atoms with Gasteiger partial charge in [0, 0.05) is 24.2 Å². The number of carbonyl (C=O) groups excluding carboxylic acids is 1. The molecule has 0 aliphatic carbocycles. The molecule has 1 saturated heterocycles. The molecule has 1 aromatic carbocycles. The summed E-state index contributed by atoms with van der Waals surface area (Å²) in [7, 11) is -3.70. The monoisotopic (exact) mass is 386 g/mol. The molecule has 0 aromatic heterocycles. The SMILES string of the molecule is CCC(C)(C)NC(=O)c1ccc(Cl)c(S(=O)(=O)N2CCCCCC2)c1. The minimum Gasteiger partial charge on any atom is -0.347 e. The third kappa shape index (κ3) is 4.96. The first kappa shape index (κ1) is 20.2. The molecule has 1 N–H and O–H groups in total. The summed E-state index contributed by atoms with van der Waals surface area (Å²) in [5, 5.41) is 3.07. The Labute approximate surface area is 155 Å². The van der Waals surface area contributed by atoms with Gasteiger partial charge in [0.25, 0.3) is 5.91 Å². The van der Waals surface area contributed by atoms with Crippen LogP contribution in [0.15, 0.2) is 23.1 Å². The van der Waals surface area contributed by atoms with E-state index in [0.717, 1.165) is 32.1 Å². The molecule has 0 radical (unpaired) electrons. The van der Waals surface area contributed by atoms with Crippen molar-refractivity contribution in [1.82, 2.24) is 9.62 Å². The number of nitrogens with zero attached hydrogens (tertiary/aromatic N) is 1. The maximum Gasteiger partial charge on any atom is 0.251 e. The van der Waals surface area contributed by atoms with Gasteiger partial charge in [-0.15, -0.1) is 0 Å². The lowest BCUT2D eigenvalue weighted by atomic mass is 10.0. The third-order valence-corrected chi connectivity index (χ3v) is 7.09. The van der Waals surface area contributed by atoms with Crippen LogP contribution in [0.25, 0.3) is 0 Å². The second kappa shape index (κ2) is 8.06. The van der Waals surface area contributed by atoms with Crippen LogP contribution in [-0.2, 0) is 10.0 Å². The maximum atomic E-state index is 13.0. The zero-order valence-electron chi connectivity index (χ0n) is 15.1. The number of hydrogen-bond acceptors (Lipinski definition) is 3. The number of nitrogens with one attached hydrogen (secondary N) is 1. The Balaban J connectivity index is 2.33. The maximum absolute atomic E-state index is 13.0. The molecule has 1 aliphatic heterocycles. The smallest absolute Gasteiger partial charge is 0.251 e. The molecule has 0 unspecified atom stereocenters. The number of sulfonamides is 1. The van der Waals surface area contributed by atoms with Crippen molar-refractivity contribution < 1.29 is 13.2 Å². The van der Waals surface area contributed by atoms with Gasteiger partial charge in [-0.25, -0.2) is 8.42 Å². The van der Waals surface area contributed by atoms with E-state index in [4.69, 9.17) is 11.6 Å². The van der Waals surface area contributed by atoms with E-state index in [1.54, 1.807) is 6.07 Å². The first-order chi connectivity index (χ1) is 11.7. The van der Waals surface area contributed by atoms with Crippen molar-refractivity contribution in [1.29, 1.82) is 0 Å². The highest BCUT2D eigenvalue weighted by Gasteiger charge is 2.28. The molecule has 0 saturated carbocycles. The Morgan fingerprint density at radius 1 is 1.20 bits per heavy atom. The van der Waals surface area contributed by atoms with Crippen molar-refractivity contribution in [2.24, 2.45) is 0 Å². The van der Waals surface area contributed by atoms with E-state index in [2.05, 4.69) is 5.32 Å². The van der Waals surface area contributed by atoms with E-state index in [1.807, 2.05) is 20.8 Å². The second-order valence-electron chi connectivity index (χ2n) is 7.16. The highest BCUT2D eigenvalue weighted by atomic mass is 35.5. The molecular weight excluding hydrogens is 360 g/mol. The molecule has 25 heavy (non-hydrogen) atoms. The Morgan fingerprint density at radius 3 is 2.36 bits per heavy atom. The van der Waals surface area contributed by atoms with Gasteiger partial charge in [0.1, 0.15) is 4.90 Å². The van der Waals surface area contributed by atoms with Gasteiger partial charge in [0.2, 0.25) is 10.0 Å². The van der Waals surface area contributed by atoms with Crippen LogP contribution in [0.5, 0.6) is 0 Å². The first-order valence-corrected chi connectivity index (χ1v) is 10.6. The minimum atomic E-state index is -3.70. The van der Waals surface area contributed by atoms with E-state index in [1.165, 1.54) is 16.4 Å². The molecule has 5 nitrogen and oxygen atoms in total. The third-order valence-electron chi connectivity index (χ3n) is 4.71. The lowest BCUT2D eigenvalue weighted by Crippen LogP contribution is -2.42. The van der Waals surface area contributed by atoms with E-state index in [-0.39, 0.29) is 21.4 Å². The number of amides is 1. The first-order valence-electron chi connectivity index (χ1n) is 8.79. The quantitative estimate of drug-likeness (QED) is 0.836. The topological polar surface area (TPSA) is 66.5 Å². The molecule has 140 valence electrons. The van der Waals surface area contributed by atoms with Crippen molar-refractivity contribution in [2.75, 3.05) is 13.1 Å². The van der Waals surface area contributed by atoms with Crippen LogP contribution in [0.2, 0.25) is 5.02 Å². The van der Waals surface area contributed by atoms with Crippen molar-refractivity contribution in [3.05, 3.63) is 28.8 Å². The predicted molar refractivity (Wildman–Crippen MR) is 101 cm³/mol. The lowest BCUT2D eigenvalue weighted by molar-refractivity contribution is 0.0911. The number of halogens is 1. The molecular formula is C18H27ClN2O3S. The van der Waals surface area contributed by atoms with Gasteiger partial charge in [0.05, 0.1) is 5.02 Å². The number of benzene rings is 1. The largest absolute Gasteiger partial charge is 0.347 e. The van der Waals surface area contributed by atoms with Crippen molar-refractivity contribution in [2.45, 2.75) is 63.3 Å². The molecule has 0 atom stereocenters. The van der Waals surface area contributed by atoms with Crippen LogP contribution in [0.3, 0.4) is 0 Å². The molecule has 0 spiro atoms. The number of rotatable bonds is 5. The van der Waals surface area contributed by atoms with E-state index in [9.17, 15) is 13.2 Å². The van der Waals surface area contributed by atoms with Gasteiger partial charge < -0.3 is 5.32 Å². The van der Waals surface area contributed by atoms with Crippen molar-refractivity contribution in [3.8, 4) is 0 Å². The molecule has 1 aliphatic rings. The Kier molecular flexibility index (Phi) is 6.51. The molecule has 1 aromatic rings. The van der Waals surface area contributed by atoms with Crippen molar-refractivity contribution >= 4 is 27.5 Å². The Hall–Kier alpha value is -1.11. The molecule has 7 heteroatoms. The van der Waals surface area contributed by atoms with Crippen LogP contribution < -0.4 is 5.32 Å². The van der Waals surface area contributed by atoms with E-state index in [0.29, 0.717) is 18.7 Å². The minimum absolute atomic E-state index is 0.0121. The average Bonchev–Trinajstić information content (AvgIpc) is 2.84. The zero-order valence-corrected chi connectivity index (χ0v) is 16.7. The lowest BCUT2D eigenvalue weighted by Gasteiger charge is -2.25. The molecule has 1 amide bonds. The summed E-state index contributed by atoms with van der Waals surface area (Å²) < 4.78 is 27.5. The average molecular weight is 387 g/mol. The van der Waals surface area contributed by atoms with Crippen LogP contribution >= 0.6 is 11.6 Å². The summed E-state index contributed by atoms with van der Waals surface area (Å²) in [6.07, 6.45) is 4.54. The van der Waals surface area contributed by atoms with E-state index >= 15 is 0 Å². The van der Waals surface area contributed by atoms with Gasteiger partial charge >= 0.3 is 0 Å². The Bertz CT molecular complexity index is 724. The van der Waals surface area contributed by atoms with Crippen LogP contribution in [0.1, 0.15) is 63.2 Å². The molecule has 1 fully saturated rings. The molecule has 2 rings (SSSR count). The summed E-state index contributed by atoms with van der Waals surface area (Å²) in [4.78, 5) is 12.5. The van der Waals surface area contributed by atoms with Gasteiger partial charge in [-0.1, -0.05) is 31.4 Å². The highest BCUT2D eigenvalue weighted by Crippen LogP contribution is 2.28. The van der Waals surface area contributed by atoms with Crippen LogP contribution in [0, 0.1) is 0 Å². The fraction of sp³-hybridized carbons (Fsp3) is 0.611. The number of carbonyl (C=O) groups is 1. The highest BCUT2D eigenvalue weighted by molar-refractivity contribution is 7.89. The van der Waals surface area contributed by atoms with Gasteiger partial charge in [-0.2, -0.15) is 4.31 Å². The van der Waals surface area contributed by atoms with Crippen LogP contribution in [0.4, 0.5) is 0 Å². The fourth-order valence-electron chi connectivity index (χ4n) is 2.73. The van der Waals surface area contributed by atoms with Gasteiger partial charge in [-0.05, 0) is 51.3 Å². The van der Waals surface area contributed by atoms with Crippen molar-refractivity contribution in [3.63, 3.8) is 0 Å². The van der Waals surface area contributed by atoms with E-state index < -0.39 is 10.0 Å². The Morgan fingerprint density at radius 2 is 1.80 bits per heavy atom. The fourth-order valence-corrected chi connectivity index (χ4v) is 4.75. The normalized spacial score (nSPS) is 17.1.